The monoisotopic (exact) mass is 289 g/mol. The van der Waals surface area contributed by atoms with Crippen LogP contribution in [0.25, 0.3) is 0 Å². The van der Waals surface area contributed by atoms with Gasteiger partial charge in [-0.3, -0.25) is 0 Å². The van der Waals surface area contributed by atoms with Crippen LogP contribution in [0.1, 0.15) is 32.3 Å². The van der Waals surface area contributed by atoms with Crippen LogP contribution in [0.5, 0.6) is 0 Å². The van der Waals surface area contributed by atoms with E-state index in [1.54, 1.807) is 6.20 Å². The smallest absolute Gasteiger partial charge is 0.194 e. The number of anilines is 1. The van der Waals surface area contributed by atoms with Gasteiger partial charge in [-0.2, -0.15) is 0 Å². The molecule has 0 bridgehead atoms. The van der Waals surface area contributed by atoms with Gasteiger partial charge in [-0.15, -0.1) is 0 Å². The van der Waals surface area contributed by atoms with E-state index < -0.39 is 0 Å². The topological polar surface area (TPSA) is 63.6 Å². The summed E-state index contributed by atoms with van der Waals surface area (Å²) >= 11 is 1.45. The van der Waals surface area contributed by atoms with Gasteiger partial charge < -0.3 is 5.32 Å². The second kappa shape index (κ2) is 5.75. The maximum absolute atomic E-state index is 4.61. The largest absolute Gasteiger partial charge is 0.373 e. The summed E-state index contributed by atoms with van der Waals surface area (Å²) in [6.45, 7) is 8.24. The average Bonchev–Trinajstić information content (AvgIpc) is 2.37. The van der Waals surface area contributed by atoms with E-state index in [2.05, 4.69) is 46.0 Å². The number of rotatable bonds is 3. The molecule has 2 aromatic rings. The first-order valence-corrected chi connectivity index (χ1v) is 7.25. The van der Waals surface area contributed by atoms with Crippen molar-refractivity contribution in [3.05, 3.63) is 29.8 Å². The summed E-state index contributed by atoms with van der Waals surface area (Å²) in [5.41, 5.74) is 0.844. The highest BCUT2D eigenvalue weighted by molar-refractivity contribution is 7.99. The highest BCUT2D eigenvalue weighted by Gasteiger charge is 2.19. The zero-order chi connectivity index (χ0) is 14.8. The van der Waals surface area contributed by atoms with E-state index >= 15 is 0 Å². The Morgan fingerprint density at radius 2 is 1.90 bits per heavy atom. The summed E-state index contributed by atoms with van der Waals surface area (Å²) in [6, 6.07) is 3.79. The molecule has 2 heterocycles. The van der Waals surface area contributed by atoms with Gasteiger partial charge in [-0.25, -0.2) is 19.9 Å². The summed E-state index contributed by atoms with van der Waals surface area (Å²) in [7, 11) is 1.85. The molecule has 106 valence electrons. The number of aromatic nitrogens is 4. The lowest BCUT2D eigenvalue weighted by Crippen LogP contribution is -2.17. The molecule has 0 spiro atoms. The van der Waals surface area contributed by atoms with E-state index in [0.717, 1.165) is 22.4 Å². The molecule has 0 saturated heterocycles. The minimum absolute atomic E-state index is 0.102. The minimum atomic E-state index is -0.102. The van der Waals surface area contributed by atoms with Crippen molar-refractivity contribution in [2.45, 2.75) is 43.3 Å². The van der Waals surface area contributed by atoms with E-state index in [1.807, 2.05) is 26.1 Å². The predicted octanol–water partition coefficient (Wildman–Crippen LogP) is 3.07. The van der Waals surface area contributed by atoms with Crippen LogP contribution in [0.15, 0.2) is 28.5 Å². The SMILES string of the molecule is CNc1cc(Sc2nccc(C)n2)nc(C(C)(C)C)n1. The first-order chi connectivity index (χ1) is 9.38. The summed E-state index contributed by atoms with van der Waals surface area (Å²) in [5, 5.41) is 4.62. The molecule has 0 fully saturated rings. The van der Waals surface area contributed by atoms with Gasteiger partial charge in [0.1, 0.15) is 16.7 Å². The number of aryl methyl sites for hydroxylation is 1. The first kappa shape index (κ1) is 14.7. The Bertz CT molecular complexity index is 607. The van der Waals surface area contributed by atoms with Gasteiger partial charge in [0, 0.05) is 30.4 Å². The minimum Gasteiger partial charge on any atom is -0.373 e. The Morgan fingerprint density at radius 3 is 2.50 bits per heavy atom. The van der Waals surface area contributed by atoms with Crippen molar-refractivity contribution in [3.63, 3.8) is 0 Å². The summed E-state index contributed by atoms with van der Waals surface area (Å²) in [5.74, 6) is 1.61. The lowest BCUT2D eigenvalue weighted by Gasteiger charge is -2.18. The van der Waals surface area contributed by atoms with Crippen LogP contribution >= 0.6 is 11.8 Å². The van der Waals surface area contributed by atoms with Crippen LogP contribution in [-0.2, 0) is 5.41 Å². The highest BCUT2D eigenvalue weighted by atomic mass is 32.2. The molecule has 0 aromatic carbocycles. The lowest BCUT2D eigenvalue weighted by molar-refractivity contribution is 0.539. The van der Waals surface area contributed by atoms with E-state index in [-0.39, 0.29) is 5.41 Å². The zero-order valence-electron chi connectivity index (χ0n) is 12.4. The van der Waals surface area contributed by atoms with Crippen LogP contribution in [0, 0.1) is 6.92 Å². The molecular formula is C14H19N5S. The molecule has 0 aliphatic carbocycles. The van der Waals surface area contributed by atoms with E-state index in [0.29, 0.717) is 5.16 Å². The average molecular weight is 289 g/mol. The first-order valence-electron chi connectivity index (χ1n) is 6.43. The Hall–Kier alpha value is -1.69. The summed E-state index contributed by atoms with van der Waals surface area (Å²) < 4.78 is 0. The molecule has 2 aromatic heterocycles. The third-order valence-corrected chi connectivity index (χ3v) is 3.40. The van der Waals surface area contributed by atoms with E-state index in [1.165, 1.54) is 11.8 Å². The van der Waals surface area contributed by atoms with Gasteiger partial charge in [-0.05, 0) is 24.8 Å². The maximum atomic E-state index is 4.61. The molecule has 0 amide bonds. The lowest BCUT2D eigenvalue weighted by atomic mass is 9.96. The Kier molecular flexibility index (Phi) is 4.23. The molecule has 1 N–H and O–H groups in total. The summed E-state index contributed by atoms with van der Waals surface area (Å²) in [4.78, 5) is 17.8. The third-order valence-electron chi connectivity index (χ3n) is 2.60. The third kappa shape index (κ3) is 3.66. The van der Waals surface area contributed by atoms with Crippen LogP contribution in [0.3, 0.4) is 0 Å². The number of hydrogen-bond donors (Lipinski definition) is 1. The Labute approximate surface area is 123 Å². The molecule has 20 heavy (non-hydrogen) atoms. The molecule has 6 heteroatoms. The quantitative estimate of drug-likeness (QED) is 0.692. The van der Waals surface area contributed by atoms with Crippen molar-refractivity contribution < 1.29 is 0 Å². The van der Waals surface area contributed by atoms with Gasteiger partial charge in [0.2, 0.25) is 0 Å². The molecular weight excluding hydrogens is 270 g/mol. The number of hydrogen-bond acceptors (Lipinski definition) is 6. The van der Waals surface area contributed by atoms with Crippen molar-refractivity contribution in [1.29, 1.82) is 0 Å². The Balaban J connectivity index is 2.36. The van der Waals surface area contributed by atoms with Gasteiger partial charge in [0.25, 0.3) is 0 Å². The second-order valence-corrected chi connectivity index (χ2v) is 6.49. The predicted molar refractivity (Wildman–Crippen MR) is 81.2 cm³/mol. The Morgan fingerprint density at radius 1 is 1.15 bits per heavy atom. The number of nitrogens with zero attached hydrogens (tertiary/aromatic N) is 4. The van der Waals surface area contributed by atoms with Gasteiger partial charge >= 0.3 is 0 Å². The fourth-order valence-electron chi connectivity index (χ4n) is 1.51. The highest BCUT2D eigenvalue weighted by Crippen LogP contribution is 2.27. The van der Waals surface area contributed by atoms with E-state index in [4.69, 9.17) is 0 Å². The van der Waals surface area contributed by atoms with Crippen molar-refractivity contribution in [3.8, 4) is 0 Å². The van der Waals surface area contributed by atoms with Gasteiger partial charge in [0.05, 0.1) is 0 Å². The van der Waals surface area contributed by atoms with Crippen LogP contribution < -0.4 is 5.32 Å². The van der Waals surface area contributed by atoms with Crippen molar-refractivity contribution in [1.82, 2.24) is 19.9 Å². The molecule has 0 aliphatic heterocycles. The fourth-order valence-corrected chi connectivity index (χ4v) is 2.30. The molecule has 0 radical (unpaired) electrons. The molecule has 0 aliphatic rings. The normalized spacial score (nSPS) is 11.4. The van der Waals surface area contributed by atoms with Crippen LogP contribution in [-0.4, -0.2) is 27.0 Å². The molecule has 0 atom stereocenters. The fraction of sp³-hybridized carbons (Fsp3) is 0.429. The van der Waals surface area contributed by atoms with E-state index in [9.17, 15) is 0 Å². The van der Waals surface area contributed by atoms with Crippen molar-refractivity contribution >= 4 is 17.6 Å². The van der Waals surface area contributed by atoms with Gasteiger partial charge in [0.15, 0.2) is 5.16 Å². The molecule has 0 saturated carbocycles. The maximum Gasteiger partial charge on any atom is 0.194 e. The standard InChI is InChI=1S/C14H19N5S/c1-9-6-7-16-13(17-9)20-11-8-10(15-5)18-12(19-11)14(2,3)4/h6-8H,1-5H3,(H,15,18,19). The van der Waals surface area contributed by atoms with Crippen LogP contribution in [0.4, 0.5) is 5.82 Å². The van der Waals surface area contributed by atoms with Gasteiger partial charge in [-0.1, -0.05) is 20.8 Å². The molecule has 0 unspecified atom stereocenters. The summed E-state index contributed by atoms with van der Waals surface area (Å²) in [6.07, 6.45) is 1.76. The van der Waals surface area contributed by atoms with Crippen molar-refractivity contribution in [2.75, 3.05) is 12.4 Å². The molecule has 2 rings (SSSR count). The second-order valence-electron chi connectivity index (χ2n) is 5.50. The van der Waals surface area contributed by atoms with Crippen LogP contribution in [0.2, 0.25) is 0 Å². The number of nitrogens with one attached hydrogen (secondary N) is 1. The van der Waals surface area contributed by atoms with Crippen molar-refractivity contribution in [2.24, 2.45) is 0 Å². The molecule has 5 nitrogen and oxygen atoms in total. The zero-order valence-corrected chi connectivity index (χ0v) is 13.2.